The quantitative estimate of drug-likeness (QED) is 0.177. The van der Waals surface area contributed by atoms with Gasteiger partial charge in [0.25, 0.3) is 0 Å². The molecule has 1 heterocycles. The van der Waals surface area contributed by atoms with E-state index in [4.69, 9.17) is 19.9 Å². The molecule has 0 spiro atoms. The van der Waals surface area contributed by atoms with Gasteiger partial charge in [0.1, 0.15) is 26.1 Å². The van der Waals surface area contributed by atoms with Gasteiger partial charge in [-0.2, -0.15) is 0 Å². The Kier molecular flexibility index (Phi) is 10.9. The van der Waals surface area contributed by atoms with Crippen LogP contribution in [0.1, 0.15) is 0 Å². The lowest BCUT2D eigenvalue weighted by Gasteiger charge is -2.52. The average Bonchev–Trinajstić information content (AvgIpc) is 2.74. The van der Waals surface area contributed by atoms with E-state index >= 15 is 0 Å². The van der Waals surface area contributed by atoms with Crippen LogP contribution in [0.15, 0.2) is 38.0 Å². The summed E-state index contributed by atoms with van der Waals surface area (Å²) in [6.45, 7) is 9.48. The van der Waals surface area contributed by atoms with Crippen LogP contribution in [-0.4, -0.2) is 101 Å². The summed E-state index contributed by atoms with van der Waals surface area (Å²) in [7, 11) is 0. The standard InChI is InChI=1S/C18H28N4O8/c1-4-13(23)28-10-7-20-16(19)21(8-11-29-14(24)5-2)18(27)22(17(20)26)9-12-30-15(25)6-3/h4-6,16-18,26-27H,1-3,7-12,19H2. The van der Waals surface area contributed by atoms with Crippen molar-refractivity contribution in [3.05, 3.63) is 38.0 Å². The normalized spacial score (nSPS) is 22.7. The summed E-state index contributed by atoms with van der Waals surface area (Å²) in [6.07, 6.45) is -0.793. The van der Waals surface area contributed by atoms with E-state index in [1.165, 1.54) is 14.7 Å². The number of nitrogens with two attached hydrogens (primary N) is 1. The lowest BCUT2D eigenvalue weighted by molar-refractivity contribution is -0.300. The number of rotatable bonds is 12. The van der Waals surface area contributed by atoms with Gasteiger partial charge in [0.2, 0.25) is 0 Å². The molecule has 12 nitrogen and oxygen atoms in total. The number of nitrogens with zero attached hydrogens (tertiary/aromatic N) is 3. The first-order valence-electron chi connectivity index (χ1n) is 9.03. The lowest BCUT2D eigenvalue weighted by Crippen LogP contribution is -2.74. The van der Waals surface area contributed by atoms with Gasteiger partial charge >= 0.3 is 17.9 Å². The molecule has 2 atom stereocenters. The van der Waals surface area contributed by atoms with E-state index in [0.717, 1.165) is 18.2 Å². The first-order chi connectivity index (χ1) is 14.3. The molecule has 168 valence electrons. The molecule has 1 rings (SSSR count). The van der Waals surface area contributed by atoms with Gasteiger partial charge in [-0.05, 0) is 0 Å². The molecular weight excluding hydrogens is 400 g/mol. The van der Waals surface area contributed by atoms with Gasteiger partial charge in [0.05, 0.1) is 0 Å². The van der Waals surface area contributed by atoms with Gasteiger partial charge in [-0.15, -0.1) is 0 Å². The third kappa shape index (κ3) is 7.33. The predicted molar refractivity (Wildman–Crippen MR) is 104 cm³/mol. The van der Waals surface area contributed by atoms with Gasteiger partial charge in [0.15, 0.2) is 12.7 Å². The average molecular weight is 428 g/mol. The highest BCUT2D eigenvalue weighted by Crippen LogP contribution is 2.21. The smallest absolute Gasteiger partial charge is 0.330 e. The molecule has 0 amide bonds. The van der Waals surface area contributed by atoms with Crippen molar-refractivity contribution in [2.75, 3.05) is 39.5 Å². The maximum atomic E-state index is 11.2. The zero-order chi connectivity index (χ0) is 22.7. The fourth-order valence-electron chi connectivity index (χ4n) is 2.62. The molecule has 0 aromatic heterocycles. The summed E-state index contributed by atoms with van der Waals surface area (Å²) < 4.78 is 14.7. The molecular formula is C18H28N4O8. The van der Waals surface area contributed by atoms with Crippen LogP contribution in [-0.2, 0) is 28.6 Å². The summed E-state index contributed by atoms with van der Waals surface area (Å²) >= 11 is 0. The van der Waals surface area contributed by atoms with Gasteiger partial charge in [-0.3, -0.25) is 0 Å². The molecule has 30 heavy (non-hydrogen) atoms. The second-order valence-corrected chi connectivity index (χ2v) is 5.93. The van der Waals surface area contributed by atoms with Crippen molar-refractivity contribution in [2.45, 2.75) is 19.0 Å². The highest BCUT2D eigenvalue weighted by molar-refractivity contribution is 5.81. The van der Waals surface area contributed by atoms with Crippen molar-refractivity contribution in [1.29, 1.82) is 0 Å². The molecule has 1 aliphatic rings. The van der Waals surface area contributed by atoms with Crippen LogP contribution in [0.5, 0.6) is 0 Å². The molecule has 1 fully saturated rings. The summed E-state index contributed by atoms with van der Waals surface area (Å²) in [4.78, 5) is 37.6. The SMILES string of the molecule is C=CC(=O)OCCN1C(N)N(CCOC(=O)C=C)C(O)N(CCOC(=O)C=C)C1O. The molecule has 0 saturated carbocycles. The van der Waals surface area contributed by atoms with Crippen molar-refractivity contribution in [3.8, 4) is 0 Å². The third-order valence-corrected chi connectivity index (χ3v) is 4.15. The Hall–Kier alpha value is -2.61. The zero-order valence-electron chi connectivity index (χ0n) is 16.6. The minimum absolute atomic E-state index is 0.0144. The molecule has 1 aliphatic heterocycles. The molecule has 12 heteroatoms. The fourth-order valence-corrected chi connectivity index (χ4v) is 2.62. The Morgan fingerprint density at radius 3 is 1.33 bits per heavy atom. The number of hydrogen-bond donors (Lipinski definition) is 3. The van der Waals surface area contributed by atoms with Gasteiger partial charge < -0.3 is 30.2 Å². The van der Waals surface area contributed by atoms with Crippen molar-refractivity contribution in [3.63, 3.8) is 0 Å². The Balaban J connectivity index is 2.87. The molecule has 0 aliphatic carbocycles. The summed E-state index contributed by atoms with van der Waals surface area (Å²) in [5, 5.41) is 21.3. The van der Waals surface area contributed by atoms with Crippen molar-refractivity contribution >= 4 is 17.9 Å². The summed E-state index contributed by atoms with van der Waals surface area (Å²) in [5.74, 6) is -1.94. The van der Waals surface area contributed by atoms with Crippen LogP contribution in [0, 0.1) is 0 Å². The van der Waals surface area contributed by atoms with Crippen LogP contribution in [0.3, 0.4) is 0 Å². The Bertz CT molecular complexity index is 546. The molecule has 2 unspecified atom stereocenters. The number of aliphatic hydroxyl groups excluding tert-OH is 2. The Morgan fingerprint density at radius 1 is 0.733 bits per heavy atom. The third-order valence-electron chi connectivity index (χ3n) is 4.15. The number of carbonyl (C=O) groups excluding carboxylic acids is 3. The van der Waals surface area contributed by atoms with E-state index < -0.39 is 36.9 Å². The van der Waals surface area contributed by atoms with Crippen molar-refractivity contribution in [2.24, 2.45) is 5.73 Å². The van der Waals surface area contributed by atoms with Crippen LogP contribution in [0.25, 0.3) is 0 Å². The summed E-state index contributed by atoms with van der Waals surface area (Å²) in [6, 6.07) is 0. The monoisotopic (exact) mass is 428 g/mol. The molecule has 4 N–H and O–H groups in total. The van der Waals surface area contributed by atoms with Gasteiger partial charge in [-0.1, -0.05) is 19.7 Å². The number of carbonyl (C=O) groups is 3. The fraction of sp³-hybridized carbons (Fsp3) is 0.500. The van der Waals surface area contributed by atoms with Crippen molar-refractivity contribution < 1.29 is 38.8 Å². The lowest BCUT2D eigenvalue weighted by atomic mass is 10.3. The first-order valence-corrected chi connectivity index (χ1v) is 9.03. The predicted octanol–water partition coefficient (Wildman–Crippen LogP) is -2.11. The summed E-state index contributed by atoms with van der Waals surface area (Å²) in [5.41, 5.74) is 6.15. The van der Waals surface area contributed by atoms with Crippen LogP contribution in [0.2, 0.25) is 0 Å². The molecule has 0 aromatic carbocycles. The minimum atomic E-state index is -1.38. The van der Waals surface area contributed by atoms with Crippen LogP contribution in [0.4, 0.5) is 0 Å². The number of esters is 3. The van der Waals surface area contributed by atoms with E-state index in [9.17, 15) is 24.6 Å². The van der Waals surface area contributed by atoms with E-state index in [1.807, 2.05) is 0 Å². The second kappa shape index (κ2) is 12.8. The first kappa shape index (κ1) is 25.4. The number of ether oxygens (including phenoxy) is 3. The van der Waals surface area contributed by atoms with Gasteiger partial charge in [0, 0.05) is 37.9 Å². The maximum absolute atomic E-state index is 11.2. The Labute approximate surface area is 174 Å². The van der Waals surface area contributed by atoms with E-state index in [-0.39, 0.29) is 39.5 Å². The zero-order valence-corrected chi connectivity index (χ0v) is 16.6. The van der Waals surface area contributed by atoms with Crippen LogP contribution >= 0.6 is 0 Å². The molecule has 1 saturated heterocycles. The molecule has 0 radical (unpaired) electrons. The largest absolute Gasteiger partial charge is 0.461 e. The second-order valence-electron chi connectivity index (χ2n) is 5.93. The minimum Gasteiger partial charge on any atom is -0.461 e. The number of hydrogen-bond acceptors (Lipinski definition) is 12. The molecule has 0 aromatic rings. The highest BCUT2D eigenvalue weighted by Gasteiger charge is 2.43. The Morgan fingerprint density at radius 2 is 1.03 bits per heavy atom. The highest BCUT2D eigenvalue weighted by atomic mass is 16.5. The maximum Gasteiger partial charge on any atom is 0.330 e. The van der Waals surface area contributed by atoms with E-state index in [0.29, 0.717) is 0 Å². The van der Waals surface area contributed by atoms with E-state index in [2.05, 4.69) is 19.7 Å². The van der Waals surface area contributed by atoms with Gasteiger partial charge in [-0.25, -0.2) is 29.1 Å². The van der Waals surface area contributed by atoms with E-state index in [1.54, 1.807) is 0 Å². The topological polar surface area (TPSA) is 155 Å². The number of aliphatic hydroxyl groups is 2. The van der Waals surface area contributed by atoms with Crippen LogP contribution < -0.4 is 5.73 Å². The molecule has 0 bridgehead atoms. The van der Waals surface area contributed by atoms with Crippen molar-refractivity contribution in [1.82, 2.24) is 14.7 Å².